The Morgan fingerprint density at radius 2 is 1.76 bits per heavy atom. The summed E-state index contributed by atoms with van der Waals surface area (Å²) < 4.78 is 43.1. The van der Waals surface area contributed by atoms with E-state index in [1.54, 1.807) is 32.9 Å². The fourth-order valence-corrected chi connectivity index (χ4v) is 15.5. The number of fused-ring (bicyclic) bond motifs is 6. The monoisotopic (exact) mass is 828 g/mol. The number of anilines is 2. The van der Waals surface area contributed by atoms with Gasteiger partial charge in [-0.05, 0) is 80.7 Å². The Bertz CT molecular complexity index is 2350. The van der Waals surface area contributed by atoms with Gasteiger partial charge in [-0.2, -0.15) is 9.97 Å². The van der Waals surface area contributed by atoms with Crippen molar-refractivity contribution in [1.29, 1.82) is 0 Å². The zero-order valence-corrected chi connectivity index (χ0v) is 36.9. The van der Waals surface area contributed by atoms with Crippen LogP contribution in [0.15, 0.2) is 35.5 Å². The van der Waals surface area contributed by atoms with Crippen molar-refractivity contribution >= 4 is 64.6 Å². The molecule has 3 aliphatic heterocycles. The summed E-state index contributed by atoms with van der Waals surface area (Å²) in [5.74, 6) is 3.17. The second-order valence-corrected chi connectivity index (χ2v) is 24.6. The molecule has 0 spiro atoms. The number of nitrogens with zero attached hydrogens (tertiary/aromatic N) is 5. The summed E-state index contributed by atoms with van der Waals surface area (Å²) in [5, 5.41) is 14.5. The first-order chi connectivity index (χ1) is 27.2. The molecule has 4 aromatic rings. The number of ether oxygens (including phenoxy) is 2. The minimum atomic E-state index is -2.21. The molecule has 2 amide bonds. The normalized spacial score (nSPS) is 20.8. The first kappa shape index (κ1) is 41.5. The highest BCUT2D eigenvalue weighted by atomic mass is 32.2. The summed E-state index contributed by atoms with van der Waals surface area (Å²) in [7, 11) is -2.21. The van der Waals surface area contributed by atoms with Crippen molar-refractivity contribution < 1.29 is 33.1 Å². The number of aromatic nitrogens is 3. The molecule has 58 heavy (non-hydrogen) atoms. The van der Waals surface area contributed by atoms with E-state index in [2.05, 4.69) is 63.3 Å². The second-order valence-electron chi connectivity index (χ2n) is 17.7. The fourth-order valence-electron chi connectivity index (χ4n) is 9.85. The molecule has 0 radical (unpaired) electrons. The summed E-state index contributed by atoms with van der Waals surface area (Å²) in [6.45, 7) is 21.0. The lowest BCUT2D eigenvalue weighted by Gasteiger charge is -2.47. The third-order valence-corrected chi connectivity index (χ3v) is 19.1. The third-order valence-electron chi connectivity index (χ3n) is 12.1. The van der Waals surface area contributed by atoms with Gasteiger partial charge in [0.15, 0.2) is 11.6 Å². The van der Waals surface area contributed by atoms with Gasteiger partial charge < -0.3 is 24.0 Å². The Morgan fingerprint density at radius 3 is 2.38 bits per heavy atom. The molecule has 2 N–H and O–H groups in total. The molecular formula is C43H53FN6O6SSi. The van der Waals surface area contributed by atoms with E-state index in [4.69, 9.17) is 19.4 Å². The molecule has 2 fully saturated rings. The number of amides is 2. The predicted octanol–water partition coefficient (Wildman–Crippen LogP) is 9.12. The van der Waals surface area contributed by atoms with E-state index in [0.717, 1.165) is 0 Å². The average Bonchev–Trinajstić information content (AvgIpc) is 3.37. The molecule has 2 aromatic carbocycles. The van der Waals surface area contributed by atoms with Crippen LogP contribution in [0.25, 0.3) is 32.9 Å². The van der Waals surface area contributed by atoms with Gasteiger partial charge in [-0.1, -0.05) is 59.6 Å². The predicted molar refractivity (Wildman–Crippen MR) is 228 cm³/mol. The Labute approximate surface area is 343 Å². The first-order valence-electron chi connectivity index (χ1n) is 20.0. The molecule has 308 valence electrons. The first-order valence-corrected chi connectivity index (χ1v) is 23.8. The van der Waals surface area contributed by atoms with E-state index in [9.17, 15) is 19.2 Å². The number of carbonyl (C=O) groups is 2. The third kappa shape index (κ3) is 7.10. The highest BCUT2D eigenvalue weighted by Gasteiger charge is 2.53. The molecule has 5 heterocycles. The lowest BCUT2D eigenvalue weighted by atomic mass is 9.95. The summed E-state index contributed by atoms with van der Waals surface area (Å²) >= 11 is -1.71. The quantitative estimate of drug-likeness (QED) is 0.0833. The van der Waals surface area contributed by atoms with Crippen molar-refractivity contribution in [3.63, 3.8) is 0 Å². The summed E-state index contributed by atoms with van der Waals surface area (Å²) in [4.78, 5) is 43.3. The van der Waals surface area contributed by atoms with Crippen LogP contribution in [0.1, 0.15) is 87.6 Å². The SMILES string of the molecule is CC1Oc2nc(-c3cc(NC(=O)OC(C)(C)C)cc4cccc(C#C[Si](C(C)C)(C(C)C)C(C)C)c34)c(F)c3nc([S+](C)[O-])nc(c23)N2CC3CCC(C12)N3C(=O)O. The summed E-state index contributed by atoms with van der Waals surface area (Å²) in [6.07, 6.45) is 0.433. The standard InChI is InChI=1S/C43H53FN6O6SSi/c1-22(2)58(23(3)4,24(5)6)18-17-26-13-12-14-27-19-28(45-41(51)56-43(8,9)10)20-30(32(26)27)35-34(44)36-33-38(48-40(47-36)57(11)54)49-21-29-15-16-31(50(29)42(52)53)37(49)25(7)55-39(33)46-35/h12-14,19-20,22-25,29,31,37H,15-16,21H2,1-11H3,(H,45,51)(H,52,53). The molecule has 7 rings (SSSR count). The molecule has 2 aromatic heterocycles. The summed E-state index contributed by atoms with van der Waals surface area (Å²) in [5.41, 5.74) is 5.31. The van der Waals surface area contributed by atoms with E-state index < -0.39 is 61.0 Å². The van der Waals surface area contributed by atoms with Crippen LogP contribution in [0.2, 0.25) is 16.6 Å². The van der Waals surface area contributed by atoms with Gasteiger partial charge in [0.25, 0.3) is 0 Å². The van der Waals surface area contributed by atoms with Crippen LogP contribution in [-0.2, 0) is 15.9 Å². The Kier molecular flexibility index (Phi) is 10.9. The lowest BCUT2D eigenvalue weighted by Crippen LogP contribution is -2.64. The van der Waals surface area contributed by atoms with Crippen molar-refractivity contribution in [3.05, 3.63) is 41.7 Å². The topological polar surface area (TPSA) is 153 Å². The molecular weight excluding hydrogens is 776 g/mol. The molecule has 5 unspecified atom stereocenters. The van der Waals surface area contributed by atoms with Crippen LogP contribution < -0.4 is 15.0 Å². The van der Waals surface area contributed by atoms with Gasteiger partial charge in [0.05, 0.1) is 18.1 Å². The number of piperazine rings is 1. The van der Waals surface area contributed by atoms with Gasteiger partial charge in [-0.3, -0.25) is 10.2 Å². The van der Waals surface area contributed by atoms with Crippen molar-refractivity contribution in [2.75, 3.05) is 23.0 Å². The number of hydrogen-bond acceptors (Lipinski definition) is 9. The smallest absolute Gasteiger partial charge is 0.412 e. The Morgan fingerprint density at radius 1 is 1.07 bits per heavy atom. The largest absolute Gasteiger partial charge is 0.609 e. The van der Waals surface area contributed by atoms with Gasteiger partial charge >= 0.3 is 17.3 Å². The van der Waals surface area contributed by atoms with Crippen LogP contribution in [0.4, 0.5) is 25.5 Å². The van der Waals surface area contributed by atoms with Gasteiger partial charge in [0, 0.05) is 39.9 Å². The maximum absolute atomic E-state index is 17.7. The number of carbonyl (C=O) groups excluding carboxylic acids is 1. The van der Waals surface area contributed by atoms with Crippen molar-refractivity contribution in [1.82, 2.24) is 19.9 Å². The van der Waals surface area contributed by atoms with Gasteiger partial charge in [-0.15, -0.1) is 5.54 Å². The number of carboxylic acid groups (broad SMARTS) is 1. The van der Waals surface area contributed by atoms with E-state index in [1.807, 2.05) is 30.0 Å². The number of benzene rings is 2. The Hall–Kier alpha value is -4.65. The van der Waals surface area contributed by atoms with Crippen LogP contribution >= 0.6 is 0 Å². The zero-order chi connectivity index (χ0) is 42.2. The minimum Gasteiger partial charge on any atom is -0.609 e. The number of halogens is 1. The molecule has 5 atom stereocenters. The van der Waals surface area contributed by atoms with E-state index >= 15 is 4.39 Å². The van der Waals surface area contributed by atoms with Crippen LogP contribution in [0.3, 0.4) is 0 Å². The van der Waals surface area contributed by atoms with Crippen molar-refractivity contribution in [3.8, 4) is 28.6 Å². The molecule has 12 nitrogen and oxygen atoms in total. The number of pyridine rings is 1. The lowest BCUT2D eigenvalue weighted by molar-refractivity contribution is 0.0634. The van der Waals surface area contributed by atoms with Gasteiger partial charge in [0.1, 0.15) is 42.6 Å². The number of nitrogens with one attached hydrogen (secondary N) is 1. The van der Waals surface area contributed by atoms with Gasteiger partial charge in [-0.25, -0.2) is 19.0 Å². The van der Waals surface area contributed by atoms with Crippen LogP contribution in [0.5, 0.6) is 5.88 Å². The molecule has 2 bridgehead atoms. The highest BCUT2D eigenvalue weighted by Crippen LogP contribution is 2.47. The van der Waals surface area contributed by atoms with Crippen LogP contribution in [-0.4, -0.2) is 92.4 Å². The average molecular weight is 829 g/mol. The number of hydrogen-bond donors (Lipinski definition) is 2. The summed E-state index contributed by atoms with van der Waals surface area (Å²) in [6, 6.07) is 7.96. The maximum Gasteiger partial charge on any atom is 0.412 e. The second kappa shape index (κ2) is 15.2. The molecule has 15 heteroatoms. The van der Waals surface area contributed by atoms with Crippen molar-refractivity contribution in [2.45, 2.75) is 134 Å². The molecule has 0 saturated carbocycles. The molecule has 2 saturated heterocycles. The van der Waals surface area contributed by atoms with E-state index in [0.29, 0.717) is 69.4 Å². The highest BCUT2D eigenvalue weighted by molar-refractivity contribution is 7.90. The van der Waals surface area contributed by atoms with Crippen molar-refractivity contribution in [2.24, 2.45) is 0 Å². The number of rotatable bonds is 6. The van der Waals surface area contributed by atoms with Gasteiger partial charge in [0.2, 0.25) is 5.88 Å². The Balaban J connectivity index is 1.51. The van der Waals surface area contributed by atoms with E-state index in [1.165, 1.54) is 11.2 Å². The molecule has 3 aliphatic rings. The molecule has 0 aliphatic carbocycles. The van der Waals surface area contributed by atoms with E-state index in [-0.39, 0.29) is 33.7 Å². The maximum atomic E-state index is 17.7. The fraction of sp³-hybridized carbons (Fsp3) is 0.512. The minimum absolute atomic E-state index is 0.0695. The van der Waals surface area contributed by atoms with Crippen LogP contribution in [0, 0.1) is 17.3 Å². The zero-order valence-electron chi connectivity index (χ0n) is 35.1.